The van der Waals surface area contributed by atoms with Crippen molar-refractivity contribution in [3.63, 3.8) is 0 Å². The number of nitrogens with zero attached hydrogens (tertiary/aromatic N) is 2. The van der Waals surface area contributed by atoms with Gasteiger partial charge in [-0.3, -0.25) is 4.79 Å². The van der Waals surface area contributed by atoms with Crippen molar-refractivity contribution < 1.29 is 28.6 Å². The van der Waals surface area contributed by atoms with Crippen LogP contribution in [0.1, 0.15) is 57.9 Å². The Hall–Kier alpha value is -3.87. The van der Waals surface area contributed by atoms with Crippen LogP contribution in [0.3, 0.4) is 0 Å². The van der Waals surface area contributed by atoms with Gasteiger partial charge in [-0.2, -0.15) is 0 Å². The van der Waals surface area contributed by atoms with E-state index >= 15 is 0 Å². The Labute approximate surface area is 217 Å². The standard InChI is InChI=1S/C20H17ClF2N2O2.C7H7NO2/c21-14-4-1-3-13(9-14)6-8-20(27)7-2-5-16(11-20)25-19(26)18-17(23)10-15(22)12-24-18;1-5-3-2-4-6(8-5)7(9)10/h1,3-4,9-10,12,16,27H,2,5,7,11H2,(H,25,26);2-4H,1H3,(H,9,10)/t16-,20+;/m0./s1. The van der Waals surface area contributed by atoms with E-state index in [-0.39, 0.29) is 12.1 Å². The highest BCUT2D eigenvalue weighted by molar-refractivity contribution is 6.30. The molecular formula is C27H24ClF2N3O4. The first-order chi connectivity index (χ1) is 17.5. The number of rotatable bonds is 3. The van der Waals surface area contributed by atoms with Gasteiger partial charge in [0.15, 0.2) is 11.5 Å². The Morgan fingerprint density at radius 1 is 1.19 bits per heavy atom. The van der Waals surface area contributed by atoms with Crippen molar-refractivity contribution in [1.29, 1.82) is 0 Å². The van der Waals surface area contributed by atoms with Gasteiger partial charge in [-0.25, -0.2) is 23.5 Å². The summed E-state index contributed by atoms with van der Waals surface area (Å²) in [5.74, 6) is 2.15. The fourth-order valence-corrected chi connectivity index (χ4v) is 3.93. The van der Waals surface area contributed by atoms with Gasteiger partial charge in [-0.05, 0) is 56.5 Å². The number of hydrogen-bond donors (Lipinski definition) is 3. The predicted molar refractivity (Wildman–Crippen MR) is 133 cm³/mol. The second-order valence-electron chi connectivity index (χ2n) is 8.51. The molecule has 4 rings (SSSR count). The third-order valence-corrected chi connectivity index (χ3v) is 5.69. The number of pyridine rings is 2. The van der Waals surface area contributed by atoms with Crippen molar-refractivity contribution in [2.45, 2.75) is 44.2 Å². The SMILES string of the molecule is Cc1cccc(C(=O)O)n1.O=C(N[C@H]1CCC[C@@](O)(C#Cc2cccc(Cl)c2)C1)c1ncc(F)cc1F. The molecule has 192 valence electrons. The van der Waals surface area contributed by atoms with Gasteiger partial charge in [0.05, 0.1) is 6.20 Å². The average molecular weight is 528 g/mol. The Kier molecular flexibility index (Phi) is 9.28. The average Bonchev–Trinajstić information content (AvgIpc) is 2.83. The van der Waals surface area contributed by atoms with E-state index in [4.69, 9.17) is 16.7 Å². The lowest BCUT2D eigenvalue weighted by molar-refractivity contribution is 0.0450. The van der Waals surface area contributed by atoms with Crippen LogP contribution in [0.4, 0.5) is 8.78 Å². The largest absolute Gasteiger partial charge is 0.477 e. The molecule has 37 heavy (non-hydrogen) atoms. The Morgan fingerprint density at radius 3 is 2.59 bits per heavy atom. The zero-order chi connectivity index (χ0) is 27.0. The highest BCUT2D eigenvalue weighted by Crippen LogP contribution is 2.28. The predicted octanol–water partition coefficient (Wildman–Crippen LogP) is 4.56. The number of aliphatic hydroxyl groups is 1. The number of halogens is 3. The second-order valence-corrected chi connectivity index (χ2v) is 8.95. The van der Waals surface area contributed by atoms with Crippen LogP contribution in [0.25, 0.3) is 0 Å². The Balaban J connectivity index is 0.000000319. The normalized spacial score (nSPS) is 18.5. The summed E-state index contributed by atoms with van der Waals surface area (Å²) in [5, 5.41) is 22.4. The summed E-state index contributed by atoms with van der Waals surface area (Å²) in [6, 6.07) is 12.1. The maximum atomic E-state index is 13.7. The number of carboxylic acid groups (broad SMARTS) is 1. The van der Waals surface area contributed by atoms with Gasteiger partial charge in [0, 0.05) is 34.8 Å². The summed E-state index contributed by atoms with van der Waals surface area (Å²) in [7, 11) is 0. The van der Waals surface area contributed by atoms with E-state index in [2.05, 4.69) is 27.1 Å². The number of hydrogen-bond acceptors (Lipinski definition) is 5. The molecule has 1 saturated carbocycles. The number of aromatic carboxylic acids is 1. The number of nitrogens with one attached hydrogen (secondary N) is 1. The Morgan fingerprint density at radius 2 is 1.95 bits per heavy atom. The van der Waals surface area contributed by atoms with Crippen LogP contribution in [0.15, 0.2) is 54.7 Å². The molecule has 1 fully saturated rings. The molecule has 2 heterocycles. The first kappa shape index (κ1) is 27.7. The summed E-state index contributed by atoms with van der Waals surface area (Å²) in [6.07, 6.45) is 2.72. The highest BCUT2D eigenvalue weighted by Gasteiger charge is 2.34. The zero-order valence-corrected chi connectivity index (χ0v) is 20.6. The van der Waals surface area contributed by atoms with Crippen LogP contribution in [-0.2, 0) is 0 Å². The van der Waals surface area contributed by atoms with Gasteiger partial charge >= 0.3 is 5.97 Å². The molecule has 2 atom stereocenters. The number of aromatic nitrogens is 2. The molecule has 1 amide bonds. The molecule has 1 aliphatic carbocycles. The maximum Gasteiger partial charge on any atom is 0.354 e. The summed E-state index contributed by atoms with van der Waals surface area (Å²) in [4.78, 5) is 29.8. The fourth-order valence-electron chi connectivity index (χ4n) is 3.74. The topological polar surface area (TPSA) is 112 Å². The van der Waals surface area contributed by atoms with E-state index in [0.717, 1.165) is 11.9 Å². The number of carboxylic acids is 1. The van der Waals surface area contributed by atoms with E-state index in [0.29, 0.717) is 35.9 Å². The number of benzene rings is 1. The van der Waals surface area contributed by atoms with Crippen molar-refractivity contribution in [3.8, 4) is 11.8 Å². The lowest BCUT2D eigenvalue weighted by atomic mass is 9.82. The maximum absolute atomic E-state index is 13.7. The molecule has 1 aliphatic rings. The molecule has 0 aliphatic heterocycles. The van der Waals surface area contributed by atoms with E-state index in [1.54, 1.807) is 43.3 Å². The number of aryl methyl sites for hydroxylation is 1. The van der Waals surface area contributed by atoms with Gasteiger partial charge in [0.25, 0.3) is 5.91 Å². The van der Waals surface area contributed by atoms with Gasteiger partial charge in [0.2, 0.25) is 0 Å². The molecule has 2 aromatic heterocycles. The van der Waals surface area contributed by atoms with E-state index in [1.807, 2.05) is 0 Å². The molecule has 7 nitrogen and oxygen atoms in total. The van der Waals surface area contributed by atoms with Crippen LogP contribution in [0.5, 0.6) is 0 Å². The molecule has 0 bridgehead atoms. The highest BCUT2D eigenvalue weighted by atomic mass is 35.5. The lowest BCUT2D eigenvalue weighted by Gasteiger charge is -2.33. The quantitative estimate of drug-likeness (QED) is 0.431. The molecule has 0 radical (unpaired) electrons. The second kappa shape index (κ2) is 12.4. The first-order valence-electron chi connectivity index (χ1n) is 11.3. The first-order valence-corrected chi connectivity index (χ1v) is 11.7. The molecule has 0 unspecified atom stereocenters. The van der Waals surface area contributed by atoms with E-state index < -0.39 is 40.8 Å². The Bertz CT molecular complexity index is 1360. The van der Waals surface area contributed by atoms with Gasteiger partial charge in [-0.1, -0.05) is 35.6 Å². The van der Waals surface area contributed by atoms with Crippen molar-refractivity contribution in [2.75, 3.05) is 0 Å². The van der Waals surface area contributed by atoms with Crippen LogP contribution < -0.4 is 5.32 Å². The molecule has 0 spiro atoms. The minimum atomic E-state index is -1.27. The molecule has 3 N–H and O–H groups in total. The third-order valence-electron chi connectivity index (χ3n) is 5.46. The van der Waals surface area contributed by atoms with Crippen LogP contribution >= 0.6 is 11.6 Å². The van der Waals surface area contributed by atoms with Crippen LogP contribution in [-0.4, -0.2) is 43.7 Å². The minimum absolute atomic E-state index is 0.0972. The van der Waals surface area contributed by atoms with Crippen molar-refractivity contribution in [3.05, 3.63) is 94.0 Å². The van der Waals surface area contributed by atoms with Crippen molar-refractivity contribution >= 4 is 23.5 Å². The summed E-state index contributed by atoms with van der Waals surface area (Å²) in [6.45, 7) is 1.76. The molecule has 1 aromatic carbocycles. The number of carbonyl (C=O) groups excluding carboxylic acids is 1. The fraction of sp³-hybridized carbons (Fsp3) is 0.259. The van der Waals surface area contributed by atoms with Gasteiger partial charge < -0.3 is 15.5 Å². The molecule has 10 heteroatoms. The minimum Gasteiger partial charge on any atom is -0.477 e. The number of carbonyl (C=O) groups is 2. The smallest absolute Gasteiger partial charge is 0.354 e. The summed E-state index contributed by atoms with van der Waals surface area (Å²) >= 11 is 5.92. The monoisotopic (exact) mass is 527 g/mol. The molecular weight excluding hydrogens is 504 g/mol. The molecule has 0 saturated heterocycles. The van der Waals surface area contributed by atoms with Gasteiger partial charge in [0.1, 0.15) is 17.1 Å². The third kappa shape index (κ3) is 8.34. The van der Waals surface area contributed by atoms with Crippen molar-refractivity contribution in [1.82, 2.24) is 15.3 Å². The van der Waals surface area contributed by atoms with E-state index in [1.165, 1.54) is 6.07 Å². The summed E-state index contributed by atoms with van der Waals surface area (Å²) < 4.78 is 26.6. The number of amides is 1. The van der Waals surface area contributed by atoms with Crippen LogP contribution in [0.2, 0.25) is 5.02 Å². The van der Waals surface area contributed by atoms with E-state index in [9.17, 15) is 23.5 Å². The zero-order valence-electron chi connectivity index (χ0n) is 19.8. The lowest BCUT2D eigenvalue weighted by Crippen LogP contribution is -2.45. The molecule has 3 aromatic rings. The van der Waals surface area contributed by atoms with Gasteiger partial charge in [-0.15, -0.1) is 0 Å². The summed E-state index contributed by atoms with van der Waals surface area (Å²) in [5.41, 5.74) is -0.247. The van der Waals surface area contributed by atoms with Crippen molar-refractivity contribution in [2.24, 2.45) is 0 Å². The van der Waals surface area contributed by atoms with Crippen LogP contribution in [0, 0.1) is 30.4 Å².